The van der Waals surface area contributed by atoms with E-state index in [9.17, 15) is 14.4 Å². The van der Waals surface area contributed by atoms with Crippen LogP contribution in [0.25, 0.3) is 0 Å². The van der Waals surface area contributed by atoms with E-state index in [0.717, 1.165) is 0 Å². The Morgan fingerprint density at radius 2 is 1.64 bits per heavy atom. The Balaban J connectivity index is 1.89. The maximum atomic E-state index is 13.2. The highest BCUT2D eigenvalue weighted by Crippen LogP contribution is 2.43. The van der Waals surface area contributed by atoms with Crippen molar-refractivity contribution < 1.29 is 14.4 Å². The van der Waals surface area contributed by atoms with E-state index >= 15 is 0 Å². The largest absolute Gasteiger partial charge is 0.295 e. The number of pyridine rings is 1. The first-order valence-corrected chi connectivity index (χ1v) is 9.08. The van der Waals surface area contributed by atoms with Crippen LogP contribution >= 0.6 is 11.6 Å². The summed E-state index contributed by atoms with van der Waals surface area (Å²) in [5.41, 5.74) is 1.36. The summed E-state index contributed by atoms with van der Waals surface area (Å²) in [6.07, 6.45) is 3.06. The Labute approximate surface area is 166 Å². The molecule has 0 bridgehead atoms. The third kappa shape index (κ3) is 3.00. The molecule has 2 atom stereocenters. The van der Waals surface area contributed by atoms with Crippen molar-refractivity contribution in [2.45, 2.75) is 6.04 Å². The zero-order chi connectivity index (χ0) is 19.7. The molecule has 0 N–H and O–H groups in total. The molecule has 3 aromatic rings. The Hall–Kier alpha value is -3.31. The Bertz CT molecular complexity index is 1050. The Morgan fingerprint density at radius 3 is 2.32 bits per heavy atom. The van der Waals surface area contributed by atoms with Gasteiger partial charge in [-0.3, -0.25) is 24.3 Å². The third-order valence-corrected chi connectivity index (χ3v) is 5.14. The lowest BCUT2D eigenvalue weighted by atomic mass is 9.86. The van der Waals surface area contributed by atoms with Crippen molar-refractivity contribution in [3.63, 3.8) is 0 Å². The van der Waals surface area contributed by atoms with Crippen LogP contribution in [0.4, 0.5) is 5.69 Å². The number of ketones is 2. The summed E-state index contributed by atoms with van der Waals surface area (Å²) in [5, 5.41) is 0.384. The number of nitrogens with zero attached hydrogens (tertiary/aromatic N) is 2. The van der Waals surface area contributed by atoms with Crippen LogP contribution in [0.5, 0.6) is 0 Å². The number of aromatic nitrogens is 1. The van der Waals surface area contributed by atoms with Crippen molar-refractivity contribution in [1.82, 2.24) is 4.98 Å². The lowest BCUT2D eigenvalue weighted by Crippen LogP contribution is -2.30. The minimum absolute atomic E-state index is 0.374. The maximum Gasteiger partial charge on any atom is 0.295 e. The lowest BCUT2D eigenvalue weighted by molar-refractivity contribution is -0.135. The van der Waals surface area contributed by atoms with E-state index in [-0.39, 0.29) is 0 Å². The number of hydrogen-bond donors (Lipinski definition) is 0. The highest BCUT2D eigenvalue weighted by Gasteiger charge is 2.52. The molecular formula is C22H15ClN2O3. The molecule has 1 aliphatic heterocycles. The van der Waals surface area contributed by atoms with Crippen LogP contribution in [-0.2, 0) is 9.59 Å². The molecule has 1 amide bonds. The average molecular weight is 391 g/mol. The molecule has 2 aromatic carbocycles. The van der Waals surface area contributed by atoms with Crippen molar-refractivity contribution in [2.24, 2.45) is 5.92 Å². The maximum absolute atomic E-state index is 13.2. The molecule has 1 saturated heterocycles. The number of carbonyl (C=O) groups is 3. The molecule has 5 nitrogen and oxygen atoms in total. The Morgan fingerprint density at radius 1 is 0.929 bits per heavy atom. The summed E-state index contributed by atoms with van der Waals surface area (Å²) in [4.78, 5) is 44.4. The van der Waals surface area contributed by atoms with Gasteiger partial charge in [0.2, 0.25) is 5.78 Å². The monoisotopic (exact) mass is 390 g/mol. The first kappa shape index (κ1) is 18.1. The minimum atomic E-state index is -1.19. The molecule has 0 saturated carbocycles. The standard InChI is InChI=1S/C22H15ClN2O3/c23-17-11-5-4-10-16(17)19-18(20(26)14-7-2-1-3-8-14)21(27)22(28)25(19)15-9-6-12-24-13-15/h1-13,18-19H/t18-,19-/m1/s1. The van der Waals surface area contributed by atoms with Gasteiger partial charge in [-0.2, -0.15) is 0 Å². The minimum Gasteiger partial charge on any atom is -0.295 e. The molecular weight excluding hydrogens is 376 g/mol. The van der Waals surface area contributed by atoms with Crippen LogP contribution in [-0.4, -0.2) is 22.5 Å². The highest BCUT2D eigenvalue weighted by molar-refractivity contribution is 6.49. The number of halogens is 1. The number of Topliss-reactive ketones (excluding diaryl/α,β-unsaturated/α-hetero) is 2. The van der Waals surface area contributed by atoms with Crippen LogP contribution in [0.15, 0.2) is 79.1 Å². The van der Waals surface area contributed by atoms with Crippen molar-refractivity contribution in [3.05, 3.63) is 95.3 Å². The molecule has 0 spiro atoms. The van der Waals surface area contributed by atoms with Crippen molar-refractivity contribution in [1.29, 1.82) is 0 Å². The van der Waals surface area contributed by atoms with Gasteiger partial charge in [0.15, 0.2) is 5.78 Å². The molecule has 1 fully saturated rings. The van der Waals surface area contributed by atoms with Crippen LogP contribution < -0.4 is 4.90 Å². The fourth-order valence-electron chi connectivity index (χ4n) is 3.52. The predicted molar refractivity (Wildman–Crippen MR) is 105 cm³/mol. The van der Waals surface area contributed by atoms with Crippen molar-refractivity contribution >= 4 is 34.8 Å². The van der Waals surface area contributed by atoms with Gasteiger partial charge < -0.3 is 0 Å². The quantitative estimate of drug-likeness (QED) is 0.385. The molecule has 0 unspecified atom stereocenters. The van der Waals surface area contributed by atoms with Crippen LogP contribution in [0.3, 0.4) is 0 Å². The van der Waals surface area contributed by atoms with Gasteiger partial charge in [0.25, 0.3) is 5.91 Å². The van der Waals surface area contributed by atoms with E-state index in [4.69, 9.17) is 11.6 Å². The second-order valence-corrected chi connectivity index (χ2v) is 6.83. The predicted octanol–water partition coefficient (Wildman–Crippen LogP) is 3.89. The number of benzene rings is 2. The fraction of sp³-hybridized carbons (Fsp3) is 0.0909. The summed E-state index contributed by atoms with van der Waals surface area (Å²) in [7, 11) is 0. The SMILES string of the molecule is O=C1C(=O)N(c2cccnc2)[C@H](c2ccccc2Cl)[C@@H]1C(=O)c1ccccc1. The molecule has 1 aliphatic rings. The molecule has 0 radical (unpaired) electrons. The number of amides is 1. The molecule has 0 aliphatic carbocycles. The van der Waals surface area contributed by atoms with Crippen LogP contribution in [0.1, 0.15) is 22.0 Å². The van der Waals surface area contributed by atoms with E-state index in [1.165, 1.54) is 11.1 Å². The fourth-order valence-corrected chi connectivity index (χ4v) is 3.77. The number of rotatable bonds is 4. The van der Waals surface area contributed by atoms with Gasteiger partial charge in [-0.1, -0.05) is 60.1 Å². The van der Waals surface area contributed by atoms with E-state index in [0.29, 0.717) is 21.8 Å². The lowest BCUT2D eigenvalue weighted by Gasteiger charge is -2.27. The van der Waals surface area contributed by atoms with Gasteiger partial charge in [-0.15, -0.1) is 0 Å². The number of anilines is 1. The summed E-state index contributed by atoms with van der Waals surface area (Å²) in [6.45, 7) is 0. The molecule has 28 heavy (non-hydrogen) atoms. The van der Waals surface area contributed by atoms with Gasteiger partial charge in [-0.25, -0.2) is 0 Å². The second kappa shape index (κ2) is 7.37. The van der Waals surface area contributed by atoms with Crippen LogP contribution in [0, 0.1) is 5.92 Å². The van der Waals surface area contributed by atoms with E-state index < -0.39 is 29.4 Å². The van der Waals surface area contributed by atoms with Crippen molar-refractivity contribution in [3.8, 4) is 0 Å². The Kier molecular flexibility index (Phi) is 4.75. The number of carbonyl (C=O) groups excluding carboxylic acids is 3. The average Bonchev–Trinajstić information content (AvgIpc) is 3.00. The zero-order valence-corrected chi connectivity index (χ0v) is 15.4. The van der Waals surface area contributed by atoms with E-state index in [1.54, 1.807) is 72.9 Å². The first-order valence-electron chi connectivity index (χ1n) is 8.70. The molecule has 4 rings (SSSR count). The number of hydrogen-bond acceptors (Lipinski definition) is 4. The van der Waals surface area contributed by atoms with Gasteiger partial charge >= 0.3 is 0 Å². The van der Waals surface area contributed by atoms with E-state index in [2.05, 4.69) is 4.98 Å². The van der Waals surface area contributed by atoms with Gasteiger partial charge in [0.1, 0.15) is 5.92 Å². The molecule has 6 heteroatoms. The van der Waals surface area contributed by atoms with Gasteiger partial charge in [0.05, 0.1) is 17.9 Å². The summed E-state index contributed by atoms with van der Waals surface area (Å²) < 4.78 is 0. The van der Waals surface area contributed by atoms with Crippen LogP contribution in [0.2, 0.25) is 5.02 Å². The first-order chi connectivity index (χ1) is 13.6. The third-order valence-electron chi connectivity index (χ3n) is 4.79. The summed E-state index contributed by atoms with van der Waals surface area (Å²) >= 11 is 6.39. The highest BCUT2D eigenvalue weighted by atomic mass is 35.5. The van der Waals surface area contributed by atoms with Crippen molar-refractivity contribution in [2.75, 3.05) is 4.90 Å². The van der Waals surface area contributed by atoms with Gasteiger partial charge in [0, 0.05) is 16.8 Å². The normalized spacial score (nSPS) is 19.1. The summed E-state index contributed by atoms with van der Waals surface area (Å²) in [5.74, 6) is -3.08. The zero-order valence-electron chi connectivity index (χ0n) is 14.7. The summed E-state index contributed by atoms with van der Waals surface area (Å²) in [6, 6.07) is 17.9. The van der Waals surface area contributed by atoms with E-state index in [1.807, 2.05) is 0 Å². The molecule has 138 valence electrons. The smallest absolute Gasteiger partial charge is 0.295 e. The molecule has 2 heterocycles. The van der Waals surface area contributed by atoms with Gasteiger partial charge in [-0.05, 0) is 23.8 Å². The topological polar surface area (TPSA) is 67.3 Å². The molecule has 1 aromatic heterocycles. The second-order valence-electron chi connectivity index (χ2n) is 6.42.